The molecule has 2 aromatic rings. The molecule has 1 aromatic heterocycles. The van der Waals surface area contributed by atoms with Crippen LogP contribution in [-0.4, -0.2) is 76.9 Å². The van der Waals surface area contributed by atoms with Crippen LogP contribution < -0.4 is 10.2 Å². The van der Waals surface area contributed by atoms with Crippen molar-refractivity contribution < 1.29 is 19.5 Å². The number of carboxylic acid groups (broad SMARTS) is 1. The smallest absolute Gasteiger partial charge is 0.305 e. The SMILES string of the molecule is CN1Cc2cc(C(=O)N3CCN(c4ccccn4)CC3)ccc2N[C@@H](CC(=O)O)C1=O. The predicted octanol–water partition coefficient (Wildman–Crippen LogP) is 1.27. The number of carbonyl (C=O) groups is 3. The molecule has 3 heterocycles. The van der Waals surface area contributed by atoms with Crippen LogP contribution in [0, 0.1) is 0 Å². The maximum Gasteiger partial charge on any atom is 0.305 e. The van der Waals surface area contributed by atoms with E-state index < -0.39 is 12.0 Å². The Labute approximate surface area is 180 Å². The molecule has 0 aliphatic carbocycles. The highest BCUT2D eigenvalue weighted by atomic mass is 16.4. The van der Waals surface area contributed by atoms with Gasteiger partial charge in [0, 0.05) is 57.2 Å². The molecule has 2 aliphatic rings. The molecule has 9 heteroatoms. The van der Waals surface area contributed by atoms with Crippen molar-refractivity contribution in [3.8, 4) is 0 Å². The van der Waals surface area contributed by atoms with Crippen LogP contribution in [0.15, 0.2) is 42.6 Å². The standard InChI is InChI=1S/C22H25N5O4/c1-25-14-16-12-15(5-6-17(16)24-18(22(25)31)13-20(28)29)21(30)27-10-8-26(9-11-27)19-4-2-3-7-23-19/h2-7,12,18,24H,8-11,13-14H2,1H3,(H,28,29)/t18-/m0/s1. The Morgan fingerprint density at radius 1 is 1.16 bits per heavy atom. The highest BCUT2D eigenvalue weighted by Crippen LogP contribution is 2.26. The number of hydrogen-bond donors (Lipinski definition) is 2. The number of nitrogens with zero attached hydrogens (tertiary/aromatic N) is 4. The van der Waals surface area contributed by atoms with Crippen LogP contribution in [-0.2, 0) is 16.1 Å². The van der Waals surface area contributed by atoms with Crippen molar-refractivity contribution in [3.63, 3.8) is 0 Å². The summed E-state index contributed by atoms with van der Waals surface area (Å²) < 4.78 is 0. The quantitative estimate of drug-likeness (QED) is 0.763. The molecule has 0 spiro atoms. The van der Waals surface area contributed by atoms with Gasteiger partial charge in [0.25, 0.3) is 5.91 Å². The zero-order valence-corrected chi connectivity index (χ0v) is 17.3. The van der Waals surface area contributed by atoms with Crippen molar-refractivity contribution in [3.05, 3.63) is 53.7 Å². The van der Waals surface area contributed by atoms with Crippen LogP contribution in [0.25, 0.3) is 0 Å². The maximum atomic E-state index is 13.1. The van der Waals surface area contributed by atoms with Gasteiger partial charge in [0.1, 0.15) is 11.9 Å². The van der Waals surface area contributed by atoms with Gasteiger partial charge in [0.15, 0.2) is 0 Å². The van der Waals surface area contributed by atoms with Gasteiger partial charge in [-0.25, -0.2) is 4.98 Å². The second-order valence-electron chi connectivity index (χ2n) is 7.83. The van der Waals surface area contributed by atoms with Crippen LogP contribution in [0.1, 0.15) is 22.3 Å². The summed E-state index contributed by atoms with van der Waals surface area (Å²) in [5.74, 6) is -0.463. The van der Waals surface area contributed by atoms with E-state index >= 15 is 0 Å². The number of amides is 2. The number of hydrogen-bond acceptors (Lipinski definition) is 6. The van der Waals surface area contributed by atoms with Gasteiger partial charge in [0.2, 0.25) is 5.91 Å². The summed E-state index contributed by atoms with van der Waals surface area (Å²) in [7, 11) is 1.64. The number of benzene rings is 1. The van der Waals surface area contributed by atoms with Crippen molar-refractivity contribution >= 4 is 29.3 Å². The number of likely N-dealkylation sites (N-methyl/N-ethyl adjacent to an activating group) is 1. The number of pyridine rings is 1. The number of piperazine rings is 1. The van der Waals surface area contributed by atoms with Gasteiger partial charge in [-0.1, -0.05) is 6.07 Å². The zero-order valence-electron chi connectivity index (χ0n) is 17.3. The van der Waals surface area contributed by atoms with E-state index in [4.69, 9.17) is 5.11 Å². The van der Waals surface area contributed by atoms with Crippen molar-refractivity contribution in [2.45, 2.75) is 19.0 Å². The molecule has 1 aromatic carbocycles. The summed E-state index contributed by atoms with van der Waals surface area (Å²) in [6.07, 6.45) is 1.46. The van der Waals surface area contributed by atoms with Gasteiger partial charge in [-0.3, -0.25) is 14.4 Å². The summed E-state index contributed by atoms with van der Waals surface area (Å²) in [5, 5.41) is 12.1. The van der Waals surface area contributed by atoms with E-state index in [2.05, 4.69) is 15.2 Å². The Kier molecular flexibility index (Phi) is 5.75. The van der Waals surface area contributed by atoms with Gasteiger partial charge in [0.05, 0.1) is 6.42 Å². The molecular formula is C22H25N5O4. The van der Waals surface area contributed by atoms with E-state index in [-0.39, 0.29) is 18.2 Å². The topological polar surface area (TPSA) is 106 Å². The van der Waals surface area contributed by atoms with Gasteiger partial charge in [-0.15, -0.1) is 0 Å². The average Bonchev–Trinajstić information content (AvgIpc) is 2.89. The third-order valence-corrected chi connectivity index (χ3v) is 5.68. The second kappa shape index (κ2) is 8.63. The molecular weight excluding hydrogens is 398 g/mol. The molecule has 2 aliphatic heterocycles. The van der Waals surface area contributed by atoms with Gasteiger partial charge in [-0.2, -0.15) is 0 Å². The fourth-order valence-corrected chi connectivity index (χ4v) is 4.02. The molecule has 31 heavy (non-hydrogen) atoms. The number of rotatable bonds is 4. The molecule has 0 unspecified atom stereocenters. The molecule has 0 radical (unpaired) electrons. The Morgan fingerprint density at radius 3 is 2.61 bits per heavy atom. The summed E-state index contributed by atoms with van der Waals surface area (Å²) >= 11 is 0. The van der Waals surface area contributed by atoms with Gasteiger partial charge >= 0.3 is 5.97 Å². The van der Waals surface area contributed by atoms with E-state index in [1.807, 2.05) is 23.1 Å². The molecule has 1 saturated heterocycles. The van der Waals surface area contributed by atoms with Crippen LogP contribution in [0.4, 0.5) is 11.5 Å². The highest BCUT2D eigenvalue weighted by Gasteiger charge is 2.30. The lowest BCUT2D eigenvalue weighted by atomic mass is 10.1. The summed E-state index contributed by atoms with van der Waals surface area (Å²) in [6.45, 7) is 2.94. The van der Waals surface area contributed by atoms with E-state index in [0.717, 1.165) is 11.4 Å². The number of nitrogens with one attached hydrogen (secondary N) is 1. The lowest BCUT2D eigenvalue weighted by Crippen LogP contribution is -2.49. The van der Waals surface area contributed by atoms with Gasteiger partial charge in [-0.05, 0) is 35.9 Å². The maximum absolute atomic E-state index is 13.1. The lowest BCUT2D eigenvalue weighted by molar-refractivity contribution is -0.141. The molecule has 0 bridgehead atoms. The zero-order chi connectivity index (χ0) is 22.0. The Hall–Kier alpha value is -3.62. The highest BCUT2D eigenvalue weighted by molar-refractivity contribution is 5.96. The first-order chi connectivity index (χ1) is 14.9. The van der Waals surface area contributed by atoms with Crippen LogP contribution in [0.3, 0.4) is 0 Å². The van der Waals surface area contributed by atoms with E-state index in [9.17, 15) is 14.4 Å². The number of aromatic nitrogens is 1. The first-order valence-electron chi connectivity index (χ1n) is 10.2. The average molecular weight is 423 g/mol. The summed E-state index contributed by atoms with van der Waals surface area (Å²) in [5.41, 5.74) is 2.03. The summed E-state index contributed by atoms with van der Waals surface area (Å²) in [4.78, 5) is 46.5. The molecule has 4 rings (SSSR count). The first-order valence-corrected chi connectivity index (χ1v) is 10.2. The molecule has 1 fully saturated rings. The summed E-state index contributed by atoms with van der Waals surface area (Å²) in [6, 6.07) is 10.2. The van der Waals surface area contributed by atoms with E-state index in [1.165, 1.54) is 4.90 Å². The van der Waals surface area contributed by atoms with Gasteiger partial charge < -0.3 is 25.1 Å². The normalized spacial score (nSPS) is 18.8. The van der Waals surface area contributed by atoms with Crippen molar-refractivity contribution in [1.82, 2.24) is 14.8 Å². The monoisotopic (exact) mass is 423 g/mol. The number of fused-ring (bicyclic) bond motifs is 1. The van der Waals surface area contributed by atoms with Crippen LogP contribution in [0.2, 0.25) is 0 Å². The lowest BCUT2D eigenvalue weighted by Gasteiger charge is -2.35. The minimum Gasteiger partial charge on any atom is -0.481 e. The number of carboxylic acids is 1. The fourth-order valence-electron chi connectivity index (χ4n) is 4.02. The first kappa shape index (κ1) is 20.6. The predicted molar refractivity (Wildman–Crippen MR) is 115 cm³/mol. The van der Waals surface area contributed by atoms with E-state index in [1.54, 1.807) is 31.4 Å². The largest absolute Gasteiger partial charge is 0.481 e. The Morgan fingerprint density at radius 2 is 1.94 bits per heavy atom. The molecule has 1 atom stereocenters. The van der Waals surface area contributed by atoms with Crippen molar-refractivity contribution in [2.24, 2.45) is 0 Å². The van der Waals surface area contributed by atoms with Crippen molar-refractivity contribution in [2.75, 3.05) is 43.4 Å². The fraction of sp³-hybridized carbons (Fsp3) is 0.364. The van der Waals surface area contributed by atoms with Crippen LogP contribution >= 0.6 is 0 Å². The molecule has 162 valence electrons. The number of carbonyl (C=O) groups excluding carboxylic acids is 2. The van der Waals surface area contributed by atoms with Crippen LogP contribution in [0.5, 0.6) is 0 Å². The molecule has 2 amide bonds. The molecule has 0 saturated carbocycles. The second-order valence-corrected chi connectivity index (χ2v) is 7.83. The number of anilines is 2. The molecule has 2 N–H and O–H groups in total. The Balaban J connectivity index is 1.47. The minimum atomic E-state index is -1.04. The Bertz CT molecular complexity index is 989. The third kappa shape index (κ3) is 4.45. The third-order valence-electron chi connectivity index (χ3n) is 5.68. The minimum absolute atomic E-state index is 0.0521. The van der Waals surface area contributed by atoms with E-state index in [0.29, 0.717) is 44.0 Å². The van der Waals surface area contributed by atoms with Crippen molar-refractivity contribution in [1.29, 1.82) is 0 Å². The molecule has 9 nitrogen and oxygen atoms in total. The number of aliphatic carboxylic acids is 1.